The van der Waals surface area contributed by atoms with Crippen molar-refractivity contribution in [2.75, 3.05) is 26.3 Å². The molecule has 5 rings (SSSR count). The van der Waals surface area contributed by atoms with Crippen molar-refractivity contribution in [2.45, 2.75) is 37.5 Å². The minimum absolute atomic E-state index is 0.109. The number of rotatable bonds is 4. The number of aromatic nitrogens is 3. The van der Waals surface area contributed by atoms with Gasteiger partial charge in [0.1, 0.15) is 17.1 Å². The third kappa shape index (κ3) is 4.66. The average molecular weight is 460 g/mol. The van der Waals surface area contributed by atoms with E-state index in [1.165, 1.54) is 12.1 Å². The van der Waals surface area contributed by atoms with Gasteiger partial charge in [-0.25, -0.2) is 9.97 Å². The van der Waals surface area contributed by atoms with Crippen LogP contribution in [0.2, 0.25) is 0 Å². The Bertz CT molecular complexity index is 1140. The molecule has 0 bridgehead atoms. The van der Waals surface area contributed by atoms with Crippen LogP contribution in [-0.2, 0) is 4.74 Å². The normalized spacial score (nSPS) is 19.8. The van der Waals surface area contributed by atoms with Crippen LogP contribution in [0.15, 0.2) is 36.5 Å². The maximum atomic E-state index is 12.9. The van der Waals surface area contributed by atoms with Crippen molar-refractivity contribution >= 4 is 17.1 Å². The van der Waals surface area contributed by atoms with E-state index in [0.717, 1.165) is 67.2 Å². The van der Waals surface area contributed by atoms with Crippen LogP contribution in [0.3, 0.4) is 0 Å². The highest BCUT2D eigenvalue weighted by molar-refractivity contribution is 5.94. The summed E-state index contributed by atoms with van der Waals surface area (Å²) in [5.74, 6) is 0.799. The first kappa shape index (κ1) is 21.7. The standard InChI is InChI=1S/C23H23F3N4O3/c24-23(25,26)33-17-3-1-15(2-4-17)22(31)30-10-6-16(13-30)18-5-9-27-21-19(18)28-20(29-21)14-7-11-32-12-8-14/h1-5,9,14,16H,6-8,10-13H2,(H,27,28,29)/t16-/m1/s1. The van der Waals surface area contributed by atoms with E-state index in [-0.39, 0.29) is 17.6 Å². The maximum Gasteiger partial charge on any atom is 0.573 e. The van der Waals surface area contributed by atoms with Gasteiger partial charge in [-0.2, -0.15) is 0 Å². The molecule has 2 saturated heterocycles. The van der Waals surface area contributed by atoms with Crippen molar-refractivity contribution in [3.8, 4) is 5.75 Å². The lowest BCUT2D eigenvalue weighted by Crippen LogP contribution is -2.28. The van der Waals surface area contributed by atoms with Crippen molar-refractivity contribution in [2.24, 2.45) is 0 Å². The Hall–Kier alpha value is -3.14. The molecule has 3 aromatic rings. The predicted molar refractivity (Wildman–Crippen MR) is 113 cm³/mol. The number of ether oxygens (including phenoxy) is 2. The van der Waals surface area contributed by atoms with E-state index in [0.29, 0.717) is 24.6 Å². The number of carbonyl (C=O) groups is 1. The number of nitrogens with one attached hydrogen (secondary N) is 1. The van der Waals surface area contributed by atoms with E-state index in [9.17, 15) is 18.0 Å². The number of likely N-dealkylation sites (tertiary alicyclic amines) is 1. The number of aromatic amines is 1. The molecule has 0 aliphatic carbocycles. The third-order valence-corrected chi connectivity index (χ3v) is 6.29. The van der Waals surface area contributed by atoms with Gasteiger partial charge in [-0.1, -0.05) is 0 Å². The topological polar surface area (TPSA) is 80.3 Å². The van der Waals surface area contributed by atoms with Crippen molar-refractivity contribution in [1.29, 1.82) is 0 Å². The summed E-state index contributed by atoms with van der Waals surface area (Å²) < 4.78 is 46.4. The van der Waals surface area contributed by atoms with Crippen LogP contribution in [0.1, 0.15) is 52.8 Å². The van der Waals surface area contributed by atoms with Crippen LogP contribution < -0.4 is 4.74 Å². The average Bonchev–Trinajstić information content (AvgIpc) is 3.46. The monoisotopic (exact) mass is 460 g/mol. The summed E-state index contributed by atoms with van der Waals surface area (Å²) in [4.78, 5) is 27.3. The quantitative estimate of drug-likeness (QED) is 0.625. The van der Waals surface area contributed by atoms with Crippen LogP contribution in [0.25, 0.3) is 11.2 Å². The van der Waals surface area contributed by atoms with E-state index in [1.54, 1.807) is 11.1 Å². The molecule has 2 fully saturated rings. The zero-order valence-corrected chi connectivity index (χ0v) is 17.8. The molecule has 1 amide bonds. The van der Waals surface area contributed by atoms with Crippen LogP contribution in [-0.4, -0.2) is 58.4 Å². The van der Waals surface area contributed by atoms with Gasteiger partial charge in [-0.05, 0) is 55.2 Å². The smallest absolute Gasteiger partial charge is 0.406 e. The number of halogens is 3. The highest BCUT2D eigenvalue weighted by atomic mass is 19.4. The van der Waals surface area contributed by atoms with Gasteiger partial charge in [0.2, 0.25) is 0 Å². The number of imidazole rings is 1. The van der Waals surface area contributed by atoms with E-state index >= 15 is 0 Å². The maximum absolute atomic E-state index is 12.9. The van der Waals surface area contributed by atoms with Gasteiger partial charge in [-0.15, -0.1) is 13.2 Å². The first-order valence-corrected chi connectivity index (χ1v) is 10.9. The summed E-state index contributed by atoms with van der Waals surface area (Å²) in [6.07, 6.45) is -0.380. The summed E-state index contributed by atoms with van der Waals surface area (Å²) in [6.45, 7) is 2.53. The second-order valence-electron chi connectivity index (χ2n) is 8.42. The molecule has 0 spiro atoms. The van der Waals surface area contributed by atoms with E-state index in [4.69, 9.17) is 9.72 Å². The second-order valence-corrected chi connectivity index (χ2v) is 8.42. The Morgan fingerprint density at radius 3 is 2.58 bits per heavy atom. The number of benzene rings is 1. The molecule has 2 aliphatic heterocycles. The fourth-order valence-electron chi connectivity index (χ4n) is 4.62. The van der Waals surface area contributed by atoms with Crippen molar-refractivity contribution < 1.29 is 27.4 Å². The van der Waals surface area contributed by atoms with Crippen LogP contribution in [0.4, 0.5) is 13.2 Å². The van der Waals surface area contributed by atoms with Crippen molar-refractivity contribution in [3.05, 3.63) is 53.5 Å². The molecular weight excluding hydrogens is 437 g/mol. The van der Waals surface area contributed by atoms with Gasteiger partial charge in [0.15, 0.2) is 5.65 Å². The first-order valence-electron chi connectivity index (χ1n) is 10.9. The summed E-state index contributed by atoms with van der Waals surface area (Å²) in [6, 6.07) is 6.98. The molecule has 1 atom stereocenters. The zero-order valence-electron chi connectivity index (χ0n) is 17.8. The predicted octanol–water partition coefficient (Wildman–Crippen LogP) is 4.38. The van der Waals surface area contributed by atoms with Crippen LogP contribution >= 0.6 is 0 Å². The number of hydrogen-bond acceptors (Lipinski definition) is 5. The Morgan fingerprint density at radius 1 is 1.09 bits per heavy atom. The number of hydrogen-bond donors (Lipinski definition) is 1. The summed E-state index contributed by atoms with van der Waals surface area (Å²) in [5.41, 5.74) is 2.97. The Kier molecular flexibility index (Phi) is 5.69. The van der Waals surface area contributed by atoms with Crippen molar-refractivity contribution in [1.82, 2.24) is 19.9 Å². The molecule has 33 heavy (non-hydrogen) atoms. The number of amides is 1. The van der Waals surface area contributed by atoms with Crippen LogP contribution in [0, 0.1) is 0 Å². The molecule has 0 saturated carbocycles. The van der Waals surface area contributed by atoms with E-state index < -0.39 is 6.36 Å². The largest absolute Gasteiger partial charge is 0.573 e. The molecule has 1 aromatic carbocycles. The van der Waals surface area contributed by atoms with Crippen molar-refractivity contribution in [3.63, 3.8) is 0 Å². The number of H-pyrrole nitrogens is 1. The number of nitrogens with zero attached hydrogens (tertiary/aromatic N) is 3. The molecule has 0 radical (unpaired) electrons. The molecule has 2 aromatic heterocycles. The summed E-state index contributed by atoms with van der Waals surface area (Å²) in [7, 11) is 0. The molecule has 10 heteroatoms. The Morgan fingerprint density at radius 2 is 1.85 bits per heavy atom. The lowest BCUT2D eigenvalue weighted by Gasteiger charge is -2.19. The molecule has 7 nitrogen and oxygen atoms in total. The Labute approximate surface area is 187 Å². The minimum atomic E-state index is -4.76. The molecule has 0 unspecified atom stereocenters. The van der Waals surface area contributed by atoms with Crippen LogP contribution in [0.5, 0.6) is 5.75 Å². The molecular formula is C23H23F3N4O3. The highest BCUT2D eigenvalue weighted by Gasteiger charge is 2.32. The summed E-state index contributed by atoms with van der Waals surface area (Å²) in [5, 5.41) is 0. The highest BCUT2D eigenvalue weighted by Crippen LogP contribution is 2.34. The van der Waals surface area contributed by atoms with E-state index in [1.807, 2.05) is 6.07 Å². The molecule has 4 heterocycles. The van der Waals surface area contributed by atoms with Gasteiger partial charge in [0, 0.05) is 49.9 Å². The number of alkyl halides is 3. The van der Waals surface area contributed by atoms with Gasteiger partial charge < -0.3 is 19.4 Å². The van der Waals surface area contributed by atoms with Gasteiger partial charge >= 0.3 is 6.36 Å². The molecule has 174 valence electrons. The number of pyridine rings is 1. The lowest BCUT2D eigenvalue weighted by molar-refractivity contribution is -0.274. The SMILES string of the molecule is O=C(c1ccc(OC(F)(F)F)cc1)N1CC[C@@H](c2ccnc3[nH]c(C4CCOCC4)nc23)C1. The number of fused-ring (bicyclic) bond motifs is 1. The fourth-order valence-corrected chi connectivity index (χ4v) is 4.62. The van der Waals surface area contributed by atoms with Gasteiger partial charge in [-0.3, -0.25) is 4.79 Å². The van der Waals surface area contributed by atoms with Gasteiger partial charge in [0.25, 0.3) is 5.91 Å². The molecule has 2 aliphatic rings. The second kappa shape index (κ2) is 8.66. The Balaban J connectivity index is 1.30. The summed E-state index contributed by atoms with van der Waals surface area (Å²) >= 11 is 0. The lowest BCUT2D eigenvalue weighted by atomic mass is 9.98. The fraction of sp³-hybridized carbons (Fsp3) is 0.435. The van der Waals surface area contributed by atoms with E-state index in [2.05, 4.69) is 14.7 Å². The third-order valence-electron chi connectivity index (χ3n) is 6.29. The minimum Gasteiger partial charge on any atom is -0.406 e. The zero-order chi connectivity index (χ0) is 23.0. The number of carbonyl (C=O) groups excluding carboxylic acids is 1. The van der Waals surface area contributed by atoms with Gasteiger partial charge in [0.05, 0.1) is 0 Å². The first-order chi connectivity index (χ1) is 15.9. The molecule has 1 N–H and O–H groups in total.